The lowest BCUT2D eigenvalue weighted by atomic mass is 9.94. The first-order chi connectivity index (χ1) is 20.7. The maximum absolute atomic E-state index is 10.1. The minimum atomic E-state index is 0.0859. The second-order valence-electron chi connectivity index (χ2n) is 10.8. The number of hydrogen-bond acceptors (Lipinski definition) is 2. The number of fused-ring (bicyclic) bond motifs is 6. The maximum atomic E-state index is 10.1. The number of rotatable bonds is 3. The third-order valence-electron chi connectivity index (χ3n) is 8.44. The van der Waals surface area contributed by atoms with E-state index in [4.69, 9.17) is 0 Å². The average Bonchev–Trinajstić information content (AvgIpc) is 3.57. The van der Waals surface area contributed by atoms with Crippen molar-refractivity contribution in [2.24, 2.45) is 0 Å². The van der Waals surface area contributed by atoms with Gasteiger partial charge in [0.15, 0.2) is 0 Å². The molecule has 1 aliphatic carbocycles. The van der Waals surface area contributed by atoms with Crippen LogP contribution in [0.4, 0.5) is 0 Å². The number of allylic oxidation sites excluding steroid dienone is 4. The van der Waals surface area contributed by atoms with Crippen molar-refractivity contribution in [3.63, 3.8) is 0 Å². The molecule has 0 bridgehead atoms. The van der Waals surface area contributed by atoms with E-state index in [0.717, 1.165) is 56.1 Å². The smallest absolute Gasteiger partial charge is 0.0992 e. The summed E-state index contributed by atoms with van der Waals surface area (Å²) in [5.41, 5.74) is 8.86. The molecule has 4 heteroatoms. The third-order valence-corrected chi connectivity index (χ3v) is 8.44. The van der Waals surface area contributed by atoms with E-state index in [9.17, 15) is 10.5 Å². The molecule has 5 aromatic carbocycles. The summed E-state index contributed by atoms with van der Waals surface area (Å²) in [5.74, 6) is 0. The standard InChI is InChI=1S/C38H24N4/c39-23-25-16-17-38-34(20-25)33-12-3-6-15-37(33)41(38)29-9-7-8-27(21-29)28-18-26(24-40)19-30(22-28)42-35-13-4-1-10-31(35)32-11-2-5-14-36(32)42/h1-8,10-22,29H,9H2. The lowest BCUT2D eigenvalue weighted by molar-refractivity contribution is 0.650. The van der Waals surface area contributed by atoms with Gasteiger partial charge in [-0.25, -0.2) is 0 Å². The van der Waals surface area contributed by atoms with Gasteiger partial charge in [-0.05, 0) is 72.2 Å². The molecule has 0 fully saturated rings. The lowest BCUT2D eigenvalue weighted by Gasteiger charge is -2.22. The summed E-state index contributed by atoms with van der Waals surface area (Å²) in [4.78, 5) is 0. The highest BCUT2D eigenvalue weighted by molar-refractivity contribution is 6.10. The first-order valence-corrected chi connectivity index (χ1v) is 14.1. The second-order valence-corrected chi connectivity index (χ2v) is 10.8. The Morgan fingerprint density at radius 2 is 1.21 bits per heavy atom. The Morgan fingerprint density at radius 1 is 0.595 bits per heavy atom. The van der Waals surface area contributed by atoms with Gasteiger partial charge in [0.1, 0.15) is 0 Å². The Kier molecular flexibility index (Phi) is 5.36. The second kappa shape index (κ2) is 9.37. The van der Waals surface area contributed by atoms with Crippen LogP contribution in [0.1, 0.15) is 29.2 Å². The molecule has 7 aromatic rings. The Balaban J connectivity index is 1.31. The van der Waals surface area contributed by atoms with E-state index in [0.29, 0.717) is 11.1 Å². The minimum Gasteiger partial charge on any atom is -0.333 e. The topological polar surface area (TPSA) is 57.4 Å². The molecular weight excluding hydrogens is 512 g/mol. The van der Waals surface area contributed by atoms with E-state index in [1.54, 1.807) is 0 Å². The first kappa shape index (κ1) is 24.0. The van der Waals surface area contributed by atoms with Crippen molar-refractivity contribution in [2.45, 2.75) is 12.5 Å². The molecule has 0 radical (unpaired) electrons. The Hall–Kier alpha value is -5.84. The van der Waals surface area contributed by atoms with Gasteiger partial charge in [0.05, 0.1) is 40.3 Å². The number of nitrogens with zero attached hydrogens (tertiary/aromatic N) is 4. The molecule has 1 aliphatic rings. The molecule has 0 saturated heterocycles. The zero-order chi connectivity index (χ0) is 28.2. The Morgan fingerprint density at radius 3 is 1.90 bits per heavy atom. The van der Waals surface area contributed by atoms with Gasteiger partial charge in [0.2, 0.25) is 0 Å². The van der Waals surface area contributed by atoms with Crippen LogP contribution in [0.3, 0.4) is 0 Å². The van der Waals surface area contributed by atoms with Gasteiger partial charge in [-0.2, -0.15) is 10.5 Å². The lowest BCUT2D eigenvalue weighted by Crippen LogP contribution is -2.08. The zero-order valence-electron chi connectivity index (χ0n) is 22.7. The Bertz CT molecular complexity index is 2310. The highest BCUT2D eigenvalue weighted by Gasteiger charge is 2.20. The molecule has 0 amide bonds. The van der Waals surface area contributed by atoms with E-state index in [1.807, 2.05) is 24.3 Å². The van der Waals surface area contributed by atoms with Crippen LogP contribution in [-0.4, -0.2) is 9.13 Å². The summed E-state index contributed by atoms with van der Waals surface area (Å²) in [6, 6.07) is 42.2. The van der Waals surface area contributed by atoms with Crippen LogP contribution in [-0.2, 0) is 0 Å². The summed E-state index contributed by atoms with van der Waals surface area (Å²) >= 11 is 0. The van der Waals surface area contributed by atoms with Gasteiger partial charge >= 0.3 is 0 Å². The molecule has 0 N–H and O–H groups in total. The van der Waals surface area contributed by atoms with Gasteiger partial charge in [-0.3, -0.25) is 0 Å². The molecule has 4 nitrogen and oxygen atoms in total. The minimum absolute atomic E-state index is 0.0859. The first-order valence-electron chi connectivity index (χ1n) is 14.1. The van der Waals surface area contributed by atoms with Crippen LogP contribution in [0.15, 0.2) is 127 Å². The quantitative estimate of drug-likeness (QED) is 0.226. The van der Waals surface area contributed by atoms with Crippen LogP contribution in [0.25, 0.3) is 54.9 Å². The van der Waals surface area contributed by atoms with Crippen molar-refractivity contribution in [3.05, 3.63) is 144 Å². The van der Waals surface area contributed by atoms with Crippen LogP contribution in [0, 0.1) is 22.7 Å². The molecule has 0 saturated carbocycles. The largest absolute Gasteiger partial charge is 0.333 e. The van der Waals surface area contributed by atoms with Crippen LogP contribution < -0.4 is 0 Å². The number of aromatic nitrogens is 2. The van der Waals surface area contributed by atoms with E-state index in [2.05, 4.69) is 124 Å². The van der Waals surface area contributed by atoms with Gasteiger partial charge in [0, 0.05) is 38.3 Å². The molecule has 8 rings (SSSR count). The van der Waals surface area contributed by atoms with Crippen LogP contribution in [0.2, 0.25) is 0 Å². The Labute approximate surface area is 242 Å². The van der Waals surface area contributed by atoms with Gasteiger partial charge in [-0.15, -0.1) is 0 Å². The van der Waals surface area contributed by atoms with Gasteiger partial charge in [0.25, 0.3) is 0 Å². The van der Waals surface area contributed by atoms with Crippen molar-refractivity contribution in [3.8, 4) is 17.8 Å². The highest BCUT2D eigenvalue weighted by atomic mass is 15.0. The molecule has 0 aliphatic heterocycles. The fourth-order valence-corrected chi connectivity index (χ4v) is 6.64. The monoisotopic (exact) mass is 536 g/mol. The number of nitriles is 2. The number of para-hydroxylation sites is 3. The molecule has 1 unspecified atom stereocenters. The normalized spacial score (nSPS) is 14.8. The molecule has 2 heterocycles. The van der Waals surface area contributed by atoms with Gasteiger partial charge in [-0.1, -0.05) is 72.8 Å². The fourth-order valence-electron chi connectivity index (χ4n) is 6.64. The van der Waals surface area contributed by atoms with Crippen LogP contribution in [0.5, 0.6) is 0 Å². The number of benzene rings is 5. The maximum Gasteiger partial charge on any atom is 0.0992 e. The van der Waals surface area contributed by atoms with Crippen molar-refractivity contribution < 1.29 is 0 Å². The summed E-state index contributed by atoms with van der Waals surface area (Å²) in [5, 5.41) is 24.2. The summed E-state index contributed by atoms with van der Waals surface area (Å²) < 4.78 is 4.65. The van der Waals surface area contributed by atoms with Crippen molar-refractivity contribution >= 4 is 49.2 Å². The average molecular weight is 537 g/mol. The van der Waals surface area contributed by atoms with E-state index >= 15 is 0 Å². The predicted molar refractivity (Wildman–Crippen MR) is 170 cm³/mol. The zero-order valence-corrected chi connectivity index (χ0v) is 22.7. The molecule has 2 aromatic heterocycles. The third kappa shape index (κ3) is 3.60. The predicted octanol–water partition coefficient (Wildman–Crippen LogP) is 9.22. The molecule has 1 atom stereocenters. The summed E-state index contributed by atoms with van der Waals surface area (Å²) in [6.07, 6.45) is 7.57. The molecule has 196 valence electrons. The van der Waals surface area contributed by atoms with Crippen LogP contribution >= 0.6 is 0 Å². The van der Waals surface area contributed by atoms with Crippen molar-refractivity contribution in [2.75, 3.05) is 0 Å². The SMILES string of the molecule is N#Cc1cc(C2=CC(n3c4ccccc4c4cc(C#N)ccc43)CC=C2)cc(-n2c3ccccc3c3ccccc32)c1. The van der Waals surface area contributed by atoms with E-state index in [-0.39, 0.29) is 6.04 Å². The molecule has 42 heavy (non-hydrogen) atoms. The highest BCUT2D eigenvalue weighted by Crippen LogP contribution is 2.38. The molecule has 0 spiro atoms. The summed E-state index contributed by atoms with van der Waals surface area (Å²) in [6.45, 7) is 0. The van der Waals surface area contributed by atoms with Crippen molar-refractivity contribution in [1.29, 1.82) is 10.5 Å². The van der Waals surface area contributed by atoms with E-state index in [1.165, 1.54) is 10.8 Å². The van der Waals surface area contributed by atoms with Crippen molar-refractivity contribution in [1.82, 2.24) is 9.13 Å². The molecular formula is C38H24N4. The number of hydrogen-bond donors (Lipinski definition) is 0. The van der Waals surface area contributed by atoms with E-state index < -0.39 is 0 Å². The van der Waals surface area contributed by atoms with Gasteiger partial charge < -0.3 is 9.13 Å². The summed E-state index contributed by atoms with van der Waals surface area (Å²) in [7, 11) is 0. The fraction of sp³-hybridized carbons (Fsp3) is 0.0526.